The molecule has 2 unspecified atom stereocenters. The van der Waals surface area contributed by atoms with Crippen molar-refractivity contribution in [3.8, 4) is 0 Å². The van der Waals surface area contributed by atoms with Crippen LogP contribution < -0.4 is 10.6 Å². The van der Waals surface area contributed by atoms with Crippen LogP contribution >= 0.6 is 0 Å². The van der Waals surface area contributed by atoms with Crippen LogP contribution in [0.25, 0.3) is 0 Å². The summed E-state index contributed by atoms with van der Waals surface area (Å²) in [5.74, 6) is -1.71. The number of hydrogen-bond donors (Lipinski definition) is 2. The molecule has 0 spiro atoms. The van der Waals surface area contributed by atoms with Crippen molar-refractivity contribution < 1.29 is 33.0 Å². The molecule has 1 fully saturated rings. The normalized spacial score (nSPS) is 19.0. The minimum atomic E-state index is -1.43. The summed E-state index contributed by atoms with van der Waals surface area (Å²) in [6.45, 7) is 8.49. The summed E-state index contributed by atoms with van der Waals surface area (Å²) in [5.41, 5.74) is -1.06. The first kappa shape index (κ1) is 33.6. The molecule has 2 aromatic rings. The highest BCUT2D eigenvalue weighted by Gasteiger charge is 2.54. The van der Waals surface area contributed by atoms with Crippen LogP contribution in [0.3, 0.4) is 0 Å². The number of carbonyl (C=O) groups is 4. The molecule has 2 atom stereocenters. The molecule has 2 aromatic carbocycles. The second-order valence-electron chi connectivity index (χ2n) is 13.0. The van der Waals surface area contributed by atoms with Crippen molar-refractivity contribution in [2.75, 3.05) is 26.7 Å². The molecule has 2 aliphatic rings. The maximum atomic E-state index is 14.1. The Kier molecular flexibility index (Phi) is 9.96. The van der Waals surface area contributed by atoms with Crippen molar-refractivity contribution in [2.45, 2.75) is 71.2 Å². The van der Waals surface area contributed by atoms with Gasteiger partial charge in [0, 0.05) is 26.6 Å². The van der Waals surface area contributed by atoms with Gasteiger partial charge in [-0.3, -0.25) is 14.4 Å². The smallest absolute Gasteiger partial charge is 0.408 e. The third-order valence-electron chi connectivity index (χ3n) is 7.72. The summed E-state index contributed by atoms with van der Waals surface area (Å²) in [5, 5.41) is 11.1. The number of nitrogens with one attached hydrogen (secondary N) is 2. The van der Waals surface area contributed by atoms with Gasteiger partial charge in [0.15, 0.2) is 0 Å². The van der Waals surface area contributed by atoms with E-state index in [1.807, 2.05) is 30.3 Å². The van der Waals surface area contributed by atoms with Crippen LogP contribution in [0, 0.1) is 11.2 Å². The van der Waals surface area contributed by atoms with Crippen LogP contribution in [-0.4, -0.2) is 83.4 Å². The maximum absolute atomic E-state index is 14.1. The third-order valence-corrected chi connectivity index (χ3v) is 7.72. The molecule has 4 amide bonds. The Bertz CT molecular complexity index is 1440. The van der Waals surface area contributed by atoms with Gasteiger partial charge in [0.1, 0.15) is 28.4 Å². The number of hydrazone groups is 1. The zero-order chi connectivity index (χ0) is 33.0. The lowest BCUT2D eigenvalue weighted by Gasteiger charge is -2.41. The van der Waals surface area contributed by atoms with Gasteiger partial charge < -0.3 is 25.0 Å². The Morgan fingerprint density at radius 1 is 1.02 bits per heavy atom. The first-order valence-electron chi connectivity index (χ1n) is 14.9. The number of amides is 4. The Morgan fingerprint density at radius 3 is 2.33 bits per heavy atom. The van der Waals surface area contributed by atoms with Crippen molar-refractivity contribution in [3.05, 3.63) is 71.5 Å². The largest absolute Gasteiger partial charge is 0.444 e. The molecule has 0 saturated carbocycles. The average Bonchev–Trinajstić information content (AvgIpc) is 3.21. The summed E-state index contributed by atoms with van der Waals surface area (Å²) in [6.07, 6.45) is -0.200. The van der Waals surface area contributed by atoms with Crippen LogP contribution in [-0.2, 0) is 36.9 Å². The number of piperidine rings is 1. The fourth-order valence-electron chi connectivity index (χ4n) is 5.44. The van der Waals surface area contributed by atoms with Gasteiger partial charge in [-0.15, -0.1) is 0 Å². The summed E-state index contributed by atoms with van der Waals surface area (Å²) in [4.78, 5) is 55.2. The maximum Gasteiger partial charge on any atom is 0.408 e. The second kappa shape index (κ2) is 13.4. The van der Waals surface area contributed by atoms with Gasteiger partial charge in [-0.25, -0.2) is 14.2 Å². The molecular formula is C33H42FN5O6. The minimum Gasteiger partial charge on any atom is -0.444 e. The van der Waals surface area contributed by atoms with Crippen LogP contribution in [0.2, 0.25) is 0 Å². The first-order valence-corrected chi connectivity index (χ1v) is 14.9. The number of likely N-dealkylation sites (tertiary alicyclic amines) is 1. The monoisotopic (exact) mass is 623 g/mol. The molecule has 2 N–H and O–H groups in total. The van der Waals surface area contributed by atoms with Crippen LogP contribution in [0.4, 0.5) is 9.18 Å². The zero-order valence-electron chi connectivity index (χ0n) is 26.7. The minimum absolute atomic E-state index is 0.0236. The van der Waals surface area contributed by atoms with E-state index in [1.54, 1.807) is 44.9 Å². The summed E-state index contributed by atoms with van der Waals surface area (Å²) in [7, 11) is 1.58. The quantitative estimate of drug-likeness (QED) is 0.417. The number of hydrogen-bond acceptors (Lipinski definition) is 7. The van der Waals surface area contributed by atoms with Gasteiger partial charge in [-0.05, 0) is 64.3 Å². The molecule has 12 heteroatoms. The first-order chi connectivity index (χ1) is 21.1. The fourth-order valence-corrected chi connectivity index (χ4v) is 5.44. The molecule has 0 radical (unpaired) electrons. The third kappa shape index (κ3) is 8.24. The number of fused-ring (bicyclic) bond motifs is 1. The van der Waals surface area contributed by atoms with Crippen LogP contribution in [0.5, 0.6) is 0 Å². The lowest BCUT2D eigenvalue weighted by atomic mass is 9.73. The van der Waals surface area contributed by atoms with Crippen LogP contribution in [0.15, 0.2) is 59.7 Å². The van der Waals surface area contributed by atoms with E-state index in [1.165, 1.54) is 31.0 Å². The topological polar surface area (TPSA) is 130 Å². The molecule has 2 heterocycles. The number of halogens is 1. The van der Waals surface area contributed by atoms with E-state index in [-0.39, 0.29) is 38.6 Å². The number of ether oxygens (including phenoxy) is 2. The molecule has 11 nitrogen and oxygen atoms in total. The number of benzene rings is 2. The Labute approximate surface area is 263 Å². The highest BCUT2D eigenvalue weighted by atomic mass is 19.1. The molecule has 1 saturated heterocycles. The van der Waals surface area contributed by atoms with Gasteiger partial charge in [0.05, 0.1) is 18.9 Å². The van der Waals surface area contributed by atoms with Crippen molar-refractivity contribution in [1.29, 1.82) is 0 Å². The molecule has 0 bridgehead atoms. The van der Waals surface area contributed by atoms with E-state index < -0.39 is 46.3 Å². The van der Waals surface area contributed by atoms with Gasteiger partial charge in [0.25, 0.3) is 5.91 Å². The molecular weight excluding hydrogens is 581 g/mol. The molecule has 0 aromatic heterocycles. The van der Waals surface area contributed by atoms with E-state index >= 15 is 0 Å². The molecule has 0 aliphatic carbocycles. The van der Waals surface area contributed by atoms with Crippen molar-refractivity contribution in [2.24, 2.45) is 10.5 Å². The van der Waals surface area contributed by atoms with E-state index in [4.69, 9.17) is 9.47 Å². The lowest BCUT2D eigenvalue weighted by molar-refractivity contribution is -0.144. The van der Waals surface area contributed by atoms with E-state index in [0.717, 1.165) is 11.1 Å². The summed E-state index contributed by atoms with van der Waals surface area (Å²) >= 11 is 0. The van der Waals surface area contributed by atoms with E-state index in [0.29, 0.717) is 12.1 Å². The van der Waals surface area contributed by atoms with Crippen molar-refractivity contribution >= 4 is 29.5 Å². The predicted molar refractivity (Wildman–Crippen MR) is 165 cm³/mol. The van der Waals surface area contributed by atoms with Gasteiger partial charge in [-0.2, -0.15) is 5.10 Å². The van der Waals surface area contributed by atoms with Crippen molar-refractivity contribution in [3.63, 3.8) is 0 Å². The van der Waals surface area contributed by atoms with E-state index in [2.05, 4.69) is 15.7 Å². The van der Waals surface area contributed by atoms with Gasteiger partial charge in [0.2, 0.25) is 11.8 Å². The summed E-state index contributed by atoms with van der Waals surface area (Å²) < 4.78 is 24.9. The average molecular weight is 624 g/mol. The second-order valence-corrected chi connectivity index (χ2v) is 13.0. The van der Waals surface area contributed by atoms with Crippen molar-refractivity contribution in [1.82, 2.24) is 20.5 Å². The Hall–Kier alpha value is -4.32. The molecule has 2 aliphatic heterocycles. The zero-order valence-corrected chi connectivity index (χ0v) is 26.7. The highest BCUT2D eigenvalue weighted by Crippen LogP contribution is 2.38. The van der Waals surface area contributed by atoms with Crippen LogP contribution in [0.1, 0.15) is 52.2 Å². The number of nitrogens with zero attached hydrogens (tertiary/aromatic N) is 3. The predicted octanol–water partition coefficient (Wildman–Crippen LogP) is 3.42. The highest BCUT2D eigenvalue weighted by molar-refractivity contribution is 6.13. The number of rotatable bonds is 10. The molecule has 242 valence electrons. The fraction of sp³-hybridized carbons (Fsp3) is 0.485. The Morgan fingerprint density at radius 2 is 1.69 bits per heavy atom. The number of alkyl carbamates (subject to hydrolysis) is 1. The SMILES string of the molecule is CN1N=C2CCN(C(=O)C(COCc3ccccc3)NC(=O)C(C)(C)NC(=O)OC(C)(C)C)CC2(Cc2ccc(F)cc2)C1=O. The standard InChI is InChI=1S/C33H42FN5O6/c1-31(2,3)45-30(43)36-32(4,5)28(41)35-25(20-44-19-23-10-8-7-9-11-23)27(40)39-17-16-26-33(21-39,29(42)38(6)37-26)18-22-12-14-24(34)15-13-22/h7-15,25H,16-21H2,1-6H3,(H,35,41)(H,36,43). The van der Waals surface area contributed by atoms with Gasteiger partial charge in [-0.1, -0.05) is 42.5 Å². The van der Waals surface area contributed by atoms with E-state index in [9.17, 15) is 23.6 Å². The molecule has 4 rings (SSSR count). The lowest BCUT2D eigenvalue weighted by Crippen LogP contribution is -2.63. The molecule has 45 heavy (non-hydrogen) atoms. The van der Waals surface area contributed by atoms with Gasteiger partial charge >= 0.3 is 6.09 Å². The Balaban J connectivity index is 1.55. The number of carbonyl (C=O) groups excluding carboxylic acids is 4. The summed E-state index contributed by atoms with van der Waals surface area (Å²) in [6, 6.07) is 14.2.